The predicted octanol–water partition coefficient (Wildman–Crippen LogP) is 2.88. The molecular weight excluding hydrogens is 421 g/mol. The number of carbonyl (C=O) groups is 1. The van der Waals surface area contributed by atoms with E-state index in [0.29, 0.717) is 22.5 Å². The van der Waals surface area contributed by atoms with E-state index in [2.05, 4.69) is 20.3 Å². The molecular formula is C21H23ClFN7O. The molecule has 1 aliphatic heterocycles. The van der Waals surface area contributed by atoms with Crippen LogP contribution in [0.5, 0.6) is 0 Å². The van der Waals surface area contributed by atoms with Crippen molar-refractivity contribution in [1.29, 1.82) is 0 Å². The zero-order valence-electron chi connectivity index (χ0n) is 17.2. The molecule has 1 aromatic carbocycles. The summed E-state index contributed by atoms with van der Waals surface area (Å²) in [6, 6.07) is 5.12. The van der Waals surface area contributed by atoms with Crippen molar-refractivity contribution in [3.05, 3.63) is 53.9 Å². The summed E-state index contributed by atoms with van der Waals surface area (Å²) in [5.74, 6) is -0.844. The first-order valence-electron chi connectivity index (χ1n) is 9.82. The van der Waals surface area contributed by atoms with Gasteiger partial charge in [-0.2, -0.15) is 5.10 Å². The summed E-state index contributed by atoms with van der Waals surface area (Å²) in [6.07, 6.45) is 6.20. The summed E-state index contributed by atoms with van der Waals surface area (Å²) >= 11 is 0. The molecule has 0 saturated carbocycles. The number of halogens is 2. The molecule has 1 unspecified atom stereocenters. The standard InChI is InChI=1S/C21H22FN7O.ClH/c1-12-8-29-10-14(7-17(22)20(29)24-12)25-21(30)15-3-4-18(28-6-5-13(23)9-28)16-11-27(2)26-19(15)16;/h3-4,7-8,10-11,13H,5-6,9,23H2,1-2H3,(H,25,30);1H. The molecule has 162 valence electrons. The Morgan fingerprint density at radius 3 is 2.84 bits per heavy atom. The minimum Gasteiger partial charge on any atom is -0.369 e. The highest BCUT2D eigenvalue weighted by Crippen LogP contribution is 2.31. The lowest BCUT2D eigenvalue weighted by atomic mass is 10.1. The van der Waals surface area contributed by atoms with Crippen LogP contribution in [0.2, 0.25) is 0 Å². The third kappa shape index (κ3) is 3.70. The number of nitrogens with one attached hydrogen (secondary N) is 1. The van der Waals surface area contributed by atoms with Crippen molar-refractivity contribution in [2.75, 3.05) is 23.3 Å². The van der Waals surface area contributed by atoms with E-state index in [0.717, 1.165) is 30.6 Å². The molecule has 1 amide bonds. The normalized spacial score (nSPS) is 16.1. The number of benzene rings is 1. The van der Waals surface area contributed by atoms with Crippen molar-refractivity contribution in [2.45, 2.75) is 19.4 Å². The molecule has 1 aliphatic rings. The molecule has 8 nitrogen and oxygen atoms in total. The number of aromatic nitrogens is 4. The molecule has 1 atom stereocenters. The van der Waals surface area contributed by atoms with E-state index in [1.165, 1.54) is 6.07 Å². The van der Waals surface area contributed by atoms with Gasteiger partial charge in [0.15, 0.2) is 11.5 Å². The van der Waals surface area contributed by atoms with Crippen LogP contribution in [0.3, 0.4) is 0 Å². The highest BCUT2D eigenvalue weighted by atomic mass is 35.5. The molecule has 0 aliphatic carbocycles. The Morgan fingerprint density at radius 2 is 2.10 bits per heavy atom. The summed E-state index contributed by atoms with van der Waals surface area (Å²) in [5.41, 5.74) is 9.39. The Bertz CT molecular complexity index is 1300. The highest BCUT2D eigenvalue weighted by molar-refractivity contribution is 6.13. The van der Waals surface area contributed by atoms with Gasteiger partial charge in [0.25, 0.3) is 5.91 Å². The third-order valence-electron chi connectivity index (χ3n) is 5.46. The fourth-order valence-electron chi connectivity index (χ4n) is 4.12. The van der Waals surface area contributed by atoms with Gasteiger partial charge in [-0.15, -0.1) is 12.4 Å². The molecule has 0 spiro atoms. The molecule has 0 bridgehead atoms. The molecule has 3 aromatic heterocycles. The van der Waals surface area contributed by atoms with E-state index >= 15 is 0 Å². The van der Waals surface area contributed by atoms with E-state index < -0.39 is 5.82 Å². The number of nitrogens with zero attached hydrogens (tertiary/aromatic N) is 5. The van der Waals surface area contributed by atoms with Gasteiger partial charge in [-0.3, -0.25) is 9.48 Å². The number of nitrogens with two attached hydrogens (primary N) is 1. The van der Waals surface area contributed by atoms with Crippen LogP contribution in [-0.2, 0) is 7.05 Å². The largest absolute Gasteiger partial charge is 0.369 e. The van der Waals surface area contributed by atoms with Gasteiger partial charge in [0.05, 0.1) is 16.9 Å². The van der Waals surface area contributed by atoms with Crippen molar-refractivity contribution < 1.29 is 9.18 Å². The second kappa shape index (κ2) is 7.82. The van der Waals surface area contributed by atoms with E-state index in [9.17, 15) is 9.18 Å². The van der Waals surface area contributed by atoms with Gasteiger partial charge in [-0.1, -0.05) is 0 Å². The number of amides is 1. The Morgan fingerprint density at radius 1 is 1.29 bits per heavy atom. The van der Waals surface area contributed by atoms with Crippen LogP contribution in [0.25, 0.3) is 16.6 Å². The number of hydrogen-bond donors (Lipinski definition) is 2. The first-order chi connectivity index (χ1) is 14.4. The quantitative estimate of drug-likeness (QED) is 0.508. The maximum Gasteiger partial charge on any atom is 0.257 e. The fourth-order valence-corrected chi connectivity index (χ4v) is 4.12. The van der Waals surface area contributed by atoms with Crippen LogP contribution in [0.4, 0.5) is 15.8 Å². The van der Waals surface area contributed by atoms with Crippen LogP contribution < -0.4 is 16.0 Å². The zero-order valence-corrected chi connectivity index (χ0v) is 18.0. The topological polar surface area (TPSA) is 93.5 Å². The number of fused-ring (bicyclic) bond motifs is 2. The summed E-state index contributed by atoms with van der Waals surface area (Å²) in [5, 5.41) is 8.19. The zero-order chi connectivity index (χ0) is 21.0. The van der Waals surface area contributed by atoms with Crippen LogP contribution in [0.15, 0.2) is 36.8 Å². The summed E-state index contributed by atoms with van der Waals surface area (Å²) in [7, 11) is 1.83. The number of anilines is 2. The molecule has 10 heteroatoms. The minimum absolute atomic E-state index is 0. The van der Waals surface area contributed by atoms with Gasteiger partial charge in [-0.05, 0) is 25.5 Å². The Balaban J connectivity index is 0.00000231. The molecule has 3 N–H and O–H groups in total. The van der Waals surface area contributed by atoms with E-state index in [1.807, 2.05) is 19.3 Å². The van der Waals surface area contributed by atoms with Crippen LogP contribution in [0, 0.1) is 12.7 Å². The number of pyridine rings is 1. The Hall–Kier alpha value is -3.17. The van der Waals surface area contributed by atoms with Gasteiger partial charge < -0.3 is 20.4 Å². The molecule has 1 saturated heterocycles. The number of rotatable bonds is 3. The second-order valence-electron chi connectivity index (χ2n) is 7.84. The lowest BCUT2D eigenvalue weighted by Crippen LogP contribution is -2.26. The first-order valence-corrected chi connectivity index (χ1v) is 9.82. The maximum absolute atomic E-state index is 14.4. The molecule has 4 heterocycles. The van der Waals surface area contributed by atoms with Crippen molar-refractivity contribution in [3.8, 4) is 0 Å². The number of carbonyl (C=O) groups excluding carboxylic acids is 1. The monoisotopic (exact) mass is 443 g/mol. The number of aryl methyl sites for hydroxylation is 2. The van der Waals surface area contributed by atoms with Crippen molar-refractivity contribution in [1.82, 2.24) is 19.2 Å². The van der Waals surface area contributed by atoms with Crippen LogP contribution in [0.1, 0.15) is 22.5 Å². The molecule has 0 radical (unpaired) electrons. The molecule has 4 aromatic rings. The van der Waals surface area contributed by atoms with Crippen LogP contribution >= 0.6 is 12.4 Å². The predicted molar refractivity (Wildman–Crippen MR) is 121 cm³/mol. The van der Waals surface area contributed by atoms with Gasteiger partial charge in [0.1, 0.15) is 5.52 Å². The third-order valence-corrected chi connectivity index (χ3v) is 5.46. The van der Waals surface area contributed by atoms with Gasteiger partial charge >= 0.3 is 0 Å². The summed E-state index contributed by atoms with van der Waals surface area (Å²) < 4.78 is 17.6. The van der Waals surface area contributed by atoms with Gasteiger partial charge in [-0.25, -0.2) is 9.37 Å². The average molecular weight is 444 g/mol. The molecule has 5 rings (SSSR count). The first kappa shape index (κ1) is 21.1. The highest BCUT2D eigenvalue weighted by Gasteiger charge is 2.24. The van der Waals surface area contributed by atoms with Gasteiger partial charge in [0, 0.05) is 61.9 Å². The Kier molecular flexibility index (Phi) is 5.32. The van der Waals surface area contributed by atoms with Gasteiger partial charge in [0.2, 0.25) is 0 Å². The average Bonchev–Trinajstić information content (AvgIpc) is 3.38. The van der Waals surface area contributed by atoms with Crippen molar-refractivity contribution in [2.24, 2.45) is 12.8 Å². The SMILES string of the molecule is Cc1cn2cc(NC(=O)c3ccc(N4CCC(N)C4)c4cn(C)nc34)cc(F)c2n1.Cl. The fraction of sp³-hybridized carbons (Fsp3) is 0.286. The van der Waals surface area contributed by atoms with E-state index in [1.54, 1.807) is 34.5 Å². The number of imidazole rings is 1. The lowest BCUT2D eigenvalue weighted by Gasteiger charge is -2.19. The van der Waals surface area contributed by atoms with E-state index in [-0.39, 0.29) is 30.0 Å². The second-order valence-corrected chi connectivity index (χ2v) is 7.84. The van der Waals surface area contributed by atoms with Crippen molar-refractivity contribution >= 4 is 46.2 Å². The number of hydrogen-bond acceptors (Lipinski definition) is 5. The Labute approximate surface area is 184 Å². The van der Waals surface area contributed by atoms with Crippen molar-refractivity contribution in [3.63, 3.8) is 0 Å². The minimum atomic E-state index is -0.496. The van der Waals surface area contributed by atoms with E-state index in [4.69, 9.17) is 5.73 Å². The summed E-state index contributed by atoms with van der Waals surface area (Å²) in [4.78, 5) is 19.4. The molecule has 31 heavy (non-hydrogen) atoms. The lowest BCUT2D eigenvalue weighted by molar-refractivity contribution is 0.102. The molecule has 1 fully saturated rings. The smallest absolute Gasteiger partial charge is 0.257 e. The van der Waals surface area contributed by atoms with Crippen LogP contribution in [-0.4, -0.2) is 44.2 Å². The maximum atomic E-state index is 14.4. The summed E-state index contributed by atoms with van der Waals surface area (Å²) in [6.45, 7) is 3.44.